The van der Waals surface area contributed by atoms with Crippen molar-refractivity contribution in [1.29, 1.82) is 0 Å². The zero-order valence-electron chi connectivity index (χ0n) is 11.9. The van der Waals surface area contributed by atoms with Gasteiger partial charge < -0.3 is 4.74 Å². The third kappa shape index (κ3) is 2.87. The molecule has 0 unspecified atom stereocenters. The van der Waals surface area contributed by atoms with Gasteiger partial charge in [0.25, 0.3) is 0 Å². The zero-order valence-corrected chi connectivity index (χ0v) is 11.9. The Labute approximate surface area is 118 Å². The molecular weight excluding hydrogens is 255 g/mol. The van der Waals surface area contributed by atoms with Crippen LogP contribution in [-0.4, -0.2) is 12.4 Å². The minimum absolute atomic E-state index is 0.153. The Morgan fingerprint density at radius 3 is 2.55 bits per heavy atom. The van der Waals surface area contributed by atoms with Gasteiger partial charge >= 0.3 is 0 Å². The second-order valence-corrected chi connectivity index (χ2v) is 4.73. The Morgan fingerprint density at radius 2 is 1.90 bits per heavy atom. The van der Waals surface area contributed by atoms with Crippen molar-refractivity contribution in [3.8, 4) is 5.75 Å². The van der Waals surface area contributed by atoms with Crippen LogP contribution < -0.4 is 4.74 Å². The third-order valence-corrected chi connectivity index (χ3v) is 3.10. The molecule has 0 aliphatic carbocycles. The Balaban J connectivity index is 2.46. The van der Waals surface area contributed by atoms with Gasteiger partial charge in [0.15, 0.2) is 5.78 Å². The van der Waals surface area contributed by atoms with Crippen LogP contribution in [0.4, 0.5) is 4.39 Å². The summed E-state index contributed by atoms with van der Waals surface area (Å²) in [6.45, 7) is 5.93. The maximum Gasteiger partial charge on any atom is 0.196 e. The van der Waals surface area contributed by atoms with Crippen molar-refractivity contribution < 1.29 is 13.9 Å². The molecule has 20 heavy (non-hydrogen) atoms. The normalized spacial score (nSPS) is 10.4. The summed E-state index contributed by atoms with van der Waals surface area (Å²) in [5, 5.41) is 0. The predicted octanol–water partition coefficient (Wildman–Crippen LogP) is 4.07. The van der Waals surface area contributed by atoms with Gasteiger partial charge in [-0.3, -0.25) is 4.79 Å². The summed E-state index contributed by atoms with van der Waals surface area (Å²) in [5.41, 5.74) is 2.42. The average molecular weight is 272 g/mol. The number of aryl methyl sites for hydroxylation is 2. The van der Waals surface area contributed by atoms with E-state index in [1.165, 1.54) is 12.1 Å². The predicted molar refractivity (Wildman–Crippen MR) is 76.9 cm³/mol. The first kappa shape index (κ1) is 14.3. The quantitative estimate of drug-likeness (QED) is 0.784. The standard InChI is InChI=1S/C17H17FO2/c1-4-20-16-8-5-11(2)9-14(16)17(19)13-6-7-15(18)12(3)10-13/h5-10H,4H2,1-3H3. The van der Waals surface area contributed by atoms with Gasteiger partial charge in [-0.1, -0.05) is 11.6 Å². The highest BCUT2D eigenvalue weighted by Gasteiger charge is 2.15. The summed E-state index contributed by atoms with van der Waals surface area (Å²) in [4.78, 5) is 12.6. The number of ether oxygens (including phenoxy) is 1. The summed E-state index contributed by atoms with van der Waals surface area (Å²) in [5.74, 6) is 0.0983. The highest BCUT2D eigenvalue weighted by Crippen LogP contribution is 2.24. The van der Waals surface area contributed by atoms with Crippen LogP contribution in [0.1, 0.15) is 34.0 Å². The smallest absolute Gasteiger partial charge is 0.196 e. The number of carbonyl (C=O) groups is 1. The minimum Gasteiger partial charge on any atom is -0.493 e. The van der Waals surface area contributed by atoms with Gasteiger partial charge in [0.05, 0.1) is 12.2 Å². The number of ketones is 1. The molecule has 0 heterocycles. The zero-order chi connectivity index (χ0) is 14.7. The van der Waals surface area contributed by atoms with Gasteiger partial charge in [0, 0.05) is 5.56 Å². The van der Waals surface area contributed by atoms with Crippen LogP contribution in [0.2, 0.25) is 0 Å². The van der Waals surface area contributed by atoms with E-state index in [0.29, 0.717) is 29.0 Å². The second-order valence-electron chi connectivity index (χ2n) is 4.73. The first-order valence-corrected chi connectivity index (χ1v) is 6.57. The van der Waals surface area contributed by atoms with E-state index >= 15 is 0 Å². The Hall–Kier alpha value is -2.16. The fraction of sp³-hybridized carbons (Fsp3) is 0.235. The van der Waals surface area contributed by atoms with E-state index in [1.54, 1.807) is 25.1 Å². The lowest BCUT2D eigenvalue weighted by Crippen LogP contribution is -2.06. The van der Waals surface area contributed by atoms with Crippen molar-refractivity contribution in [1.82, 2.24) is 0 Å². The topological polar surface area (TPSA) is 26.3 Å². The maximum absolute atomic E-state index is 13.3. The molecule has 104 valence electrons. The van der Waals surface area contributed by atoms with Crippen LogP contribution in [0.3, 0.4) is 0 Å². The molecule has 0 fully saturated rings. The maximum atomic E-state index is 13.3. The highest BCUT2D eigenvalue weighted by molar-refractivity contribution is 6.10. The molecule has 0 spiro atoms. The van der Waals surface area contributed by atoms with Crippen molar-refractivity contribution in [3.05, 3.63) is 64.5 Å². The molecule has 0 aliphatic rings. The van der Waals surface area contributed by atoms with E-state index in [4.69, 9.17) is 4.74 Å². The van der Waals surface area contributed by atoms with Crippen molar-refractivity contribution in [2.75, 3.05) is 6.61 Å². The van der Waals surface area contributed by atoms with Gasteiger partial charge in [-0.05, 0) is 56.7 Å². The van der Waals surface area contributed by atoms with Gasteiger partial charge in [-0.2, -0.15) is 0 Å². The number of rotatable bonds is 4. The molecule has 2 aromatic carbocycles. The molecule has 0 amide bonds. The molecule has 0 saturated carbocycles. The van der Waals surface area contributed by atoms with E-state index in [2.05, 4.69) is 0 Å². The molecule has 0 aliphatic heterocycles. The summed E-state index contributed by atoms with van der Waals surface area (Å²) in [6, 6.07) is 9.88. The Morgan fingerprint density at radius 1 is 1.15 bits per heavy atom. The average Bonchev–Trinajstić information content (AvgIpc) is 2.43. The van der Waals surface area contributed by atoms with Gasteiger partial charge in [0.2, 0.25) is 0 Å². The molecule has 2 rings (SSSR count). The summed E-state index contributed by atoms with van der Waals surface area (Å²) >= 11 is 0. The highest BCUT2D eigenvalue weighted by atomic mass is 19.1. The second kappa shape index (κ2) is 5.87. The van der Waals surface area contributed by atoms with E-state index in [0.717, 1.165) is 5.56 Å². The van der Waals surface area contributed by atoms with Crippen LogP contribution >= 0.6 is 0 Å². The largest absolute Gasteiger partial charge is 0.493 e. The van der Waals surface area contributed by atoms with Crippen molar-refractivity contribution in [2.24, 2.45) is 0 Å². The van der Waals surface area contributed by atoms with E-state index in [1.807, 2.05) is 19.9 Å². The van der Waals surface area contributed by atoms with Crippen LogP contribution in [0.15, 0.2) is 36.4 Å². The summed E-state index contributed by atoms with van der Waals surface area (Å²) in [6.07, 6.45) is 0. The van der Waals surface area contributed by atoms with Gasteiger partial charge in [-0.25, -0.2) is 4.39 Å². The van der Waals surface area contributed by atoms with E-state index < -0.39 is 0 Å². The fourth-order valence-electron chi connectivity index (χ4n) is 2.04. The Kier molecular flexibility index (Phi) is 4.18. The number of hydrogen-bond donors (Lipinski definition) is 0. The molecule has 0 saturated heterocycles. The van der Waals surface area contributed by atoms with Crippen molar-refractivity contribution >= 4 is 5.78 Å². The third-order valence-electron chi connectivity index (χ3n) is 3.10. The first-order chi connectivity index (χ1) is 9.52. The van der Waals surface area contributed by atoms with E-state index in [-0.39, 0.29) is 11.6 Å². The molecule has 0 bridgehead atoms. The minimum atomic E-state index is -0.309. The lowest BCUT2D eigenvalue weighted by Gasteiger charge is -2.11. The molecule has 0 atom stereocenters. The van der Waals surface area contributed by atoms with Gasteiger partial charge in [-0.15, -0.1) is 0 Å². The molecule has 2 aromatic rings. The SMILES string of the molecule is CCOc1ccc(C)cc1C(=O)c1ccc(F)c(C)c1. The first-order valence-electron chi connectivity index (χ1n) is 6.57. The number of hydrogen-bond acceptors (Lipinski definition) is 2. The number of halogens is 1. The lowest BCUT2D eigenvalue weighted by molar-refractivity contribution is 0.103. The molecule has 2 nitrogen and oxygen atoms in total. The summed E-state index contributed by atoms with van der Waals surface area (Å²) in [7, 11) is 0. The molecule has 0 N–H and O–H groups in total. The monoisotopic (exact) mass is 272 g/mol. The molecule has 3 heteroatoms. The molecule has 0 aromatic heterocycles. The van der Waals surface area contributed by atoms with Crippen LogP contribution in [0.5, 0.6) is 5.75 Å². The lowest BCUT2D eigenvalue weighted by atomic mass is 9.99. The summed E-state index contributed by atoms with van der Waals surface area (Å²) < 4.78 is 18.8. The molecule has 0 radical (unpaired) electrons. The van der Waals surface area contributed by atoms with Crippen LogP contribution in [-0.2, 0) is 0 Å². The van der Waals surface area contributed by atoms with Crippen LogP contribution in [0.25, 0.3) is 0 Å². The number of carbonyl (C=O) groups excluding carboxylic acids is 1. The van der Waals surface area contributed by atoms with Crippen LogP contribution in [0, 0.1) is 19.7 Å². The fourth-order valence-corrected chi connectivity index (χ4v) is 2.04. The molecular formula is C17H17FO2. The van der Waals surface area contributed by atoms with Gasteiger partial charge in [0.1, 0.15) is 11.6 Å². The number of benzene rings is 2. The Bertz CT molecular complexity index is 647. The van der Waals surface area contributed by atoms with Crippen molar-refractivity contribution in [2.45, 2.75) is 20.8 Å². The van der Waals surface area contributed by atoms with Crippen molar-refractivity contribution in [3.63, 3.8) is 0 Å². The van der Waals surface area contributed by atoms with E-state index in [9.17, 15) is 9.18 Å².